The molecule has 0 aliphatic carbocycles. The molecule has 0 unspecified atom stereocenters. The third-order valence-electron chi connectivity index (χ3n) is 3.48. The molecule has 0 saturated carbocycles. The van der Waals surface area contributed by atoms with Gasteiger partial charge in [0, 0.05) is 11.1 Å². The number of amides is 2. The first-order chi connectivity index (χ1) is 12.1. The van der Waals surface area contributed by atoms with Gasteiger partial charge in [0.05, 0.1) is 18.4 Å². The van der Waals surface area contributed by atoms with Crippen LogP contribution in [0.2, 0.25) is 0 Å². The Kier molecular flexibility index (Phi) is 5.25. The smallest absolute Gasteiger partial charge is 0.293 e. The summed E-state index contributed by atoms with van der Waals surface area (Å²) < 4.78 is 5.02. The molecule has 0 atom stereocenters. The second-order valence-electron chi connectivity index (χ2n) is 5.35. The summed E-state index contributed by atoms with van der Waals surface area (Å²) in [5.41, 5.74) is 2.53. The Bertz CT molecular complexity index is 871. The first-order valence-electron chi connectivity index (χ1n) is 7.82. The number of nitrogens with zero attached hydrogens (tertiary/aromatic N) is 1. The molecule has 3 rings (SSSR count). The Labute approximate surface area is 148 Å². The highest BCUT2D eigenvalue weighted by Gasteiger charge is 2.13. The van der Waals surface area contributed by atoms with Gasteiger partial charge in [0.1, 0.15) is 0 Å². The van der Waals surface area contributed by atoms with Crippen molar-refractivity contribution in [2.45, 2.75) is 19.8 Å². The van der Waals surface area contributed by atoms with Crippen LogP contribution in [0.4, 0.5) is 10.8 Å². The minimum Gasteiger partial charge on any atom is -0.459 e. The lowest BCUT2D eigenvalue weighted by molar-refractivity contribution is -0.115. The number of hydrogen-bond donors (Lipinski definition) is 2. The monoisotopic (exact) mass is 355 g/mol. The van der Waals surface area contributed by atoms with Crippen LogP contribution in [0.1, 0.15) is 28.7 Å². The van der Waals surface area contributed by atoms with Gasteiger partial charge in [0.25, 0.3) is 5.91 Å². The summed E-state index contributed by atoms with van der Waals surface area (Å²) in [6, 6.07) is 11.0. The van der Waals surface area contributed by atoms with Crippen LogP contribution < -0.4 is 10.6 Å². The number of thiazole rings is 1. The molecule has 0 radical (unpaired) electrons. The number of rotatable bonds is 6. The van der Waals surface area contributed by atoms with Gasteiger partial charge < -0.3 is 9.73 Å². The van der Waals surface area contributed by atoms with Gasteiger partial charge in [-0.2, -0.15) is 0 Å². The maximum Gasteiger partial charge on any atom is 0.293 e. The van der Waals surface area contributed by atoms with Crippen LogP contribution in [-0.2, 0) is 17.6 Å². The number of nitrogens with one attached hydrogen (secondary N) is 2. The lowest BCUT2D eigenvalue weighted by atomic mass is 10.1. The summed E-state index contributed by atoms with van der Waals surface area (Å²) in [5, 5.41) is 7.68. The third kappa shape index (κ3) is 4.54. The fraction of sp³-hybridized carbons (Fsp3) is 0.167. The summed E-state index contributed by atoms with van der Waals surface area (Å²) in [6.07, 6.45) is 2.48. The van der Waals surface area contributed by atoms with Gasteiger partial charge in [-0.25, -0.2) is 4.98 Å². The quantitative estimate of drug-likeness (QED) is 0.705. The van der Waals surface area contributed by atoms with Gasteiger partial charge in [0.2, 0.25) is 5.91 Å². The molecule has 3 aromatic rings. The Morgan fingerprint density at radius 2 is 2.08 bits per heavy atom. The van der Waals surface area contributed by atoms with Gasteiger partial charge in [-0.1, -0.05) is 19.1 Å². The zero-order valence-corrected chi connectivity index (χ0v) is 14.4. The second kappa shape index (κ2) is 7.76. The van der Waals surface area contributed by atoms with E-state index in [-0.39, 0.29) is 24.0 Å². The molecular weight excluding hydrogens is 338 g/mol. The Morgan fingerprint density at radius 1 is 1.20 bits per heavy atom. The average molecular weight is 355 g/mol. The molecule has 0 saturated heterocycles. The van der Waals surface area contributed by atoms with Gasteiger partial charge in [-0.3, -0.25) is 14.9 Å². The van der Waals surface area contributed by atoms with Crippen LogP contribution in [0, 0.1) is 0 Å². The van der Waals surface area contributed by atoms with E-state index in [1.165, 1.54) is 17.6 Å². The molecule has 2 aromatic heterocycles. The number of furan rings is 1. The normalized spacial score (nSPS) is 10.4. The molecule has 1 aromatic carbocycles. The molecule has 6 nitrogen and oxygen atoms in total. The van der Waals surface area contributed by atoms with E-state index in [0.717, 1.165) is 17.7 Å². The first kappa shape index (κ1) is 16.9. The molecule has 0 spiro atoms. The highest BCUT2D eigenvalue weighted by Crippen LogP contribution is 2.18. The highest BCUT2D eigenvalue weighted by molar-refractivity contribution is 7.14. The van der Waals surface area contributed by atoms with Crippen molar-refractivity contribution in [1.29, 1.82) is 0 Å². The molecule has 0 fully saturated rings. The summed E-state index contributed by atoms with van der Waals surface area (Å²) in [6.45, 7) is 2.06. The Balaban J connectivity index is 1.57. The van der Waals surface area contributed by atoms with Gasteiger partial charge in [-0.15, -0.1) is 11.3 Å². The molecule has 7 heteroatoms. The summed E-state index contributed by atoms with van der Waals surface area (Å²) in [4.78, 5) is 28.3. The molecule has 0 aliphatic heterocycles. The third-order valence-corrected chi connectivity index (χ3v) is 4.28. The minimum atomic E-state index is -0.369. The largest absolute Gasteiger partial charge is 0.459 e. The number of carbonyl (C=O) groups excluding carboxylic acids is 2. The highest BCUT2D eigenvalue weighted by atomic mass is 32.1. The number of hydrogen-bond acceptors (Lipinski definition) is 5. The van der Waals surface area contributed by atoms with Gasteiger partial charge in [-0.05, 0) is 36.2 Å². The molecular formula is C18H17N3O3S. The van der Waals surface area contributed by atoms with Crippen molar-refractivity contribution < 1.29 is 14.0 Å². The van der Waals surface area contributed by atoms with E-state index >= 15 is 0 Å². The van der Waals surface area contributed by atoms with E-state index in [1.54, 1.807) is 17.5 Å². The van der Waals surface area contributed by atoms with E-state index in [2.05, 4.69) is 22.5 Å². The van der Waals surface area contributed by atoms with Crippen LogP contribution in [0.15, 0.2) is 52.5 Å². The maximum absolute atomic E-state index is 12.2. The average Bonchev–Trinajstić information content (AvgIpc) is 3.27. The predicted octanol–water partition coefficient (Wildman–Crippen LogP) is 3.73. The molecule has 0 aliphatic rings. The van der Waals surface area contributed by atoms with E-state index in [4.69, 9.17) is 4.42 Å². The van der Waals surface area contributed by atoms with E-state index in [0.29, 0.717) is 10.8 Å². The van der Waals surface area contributed by atoms with E-state index in [1.807, 2.05) is 24.3 Å². The SMILES string of the molecule is CCc1cccc(NC(=O)Cc2csc(NC(=O)c3ccco3)n2)c1. The van der Waals surface area contributed by atoms with Crippen LogP contribution in [-0.4, -0.2) is 16.8 Å². The van der Waals surface area contributed by atoms with Gasteiger partial charge >= 0.3 is 0 Å². The molecule has 0 bridgehead atoms. The van der Waals surface area contributed by atoms with Crippen molar-refractivity contribution in [2.75, 3.05) is 10.6 Å². The lowest BCUT2D eigenvalue weighted by Crippen LogP contribution is -2.15. The summed E-state index contributed by atoms with van der Waals surface area (Å²) in [7, 11) is 0. The molecule has 2 heterocycles. The van der Waals surface area contributed by atoms with Crippen molar-refractivity contribution in [1.82, 2.24) is 4.98 Å². The molecule has 128 valence electrons. The Morgan fingerprint density at radius 3 is 2.84 bits per heavy atom. The zero-order valence-electron chi connectivity index (χ0n) is 13.6. The predicted molar refractivity (Wildman–Crippen MR) is 96.9 cm³/mol. The summed E-state index contributed by atoms with van der Waals surface area (Å²) in [5.74, 6) is -0.306. The number of aromatic nitrogens is 1. The number of carbonyl (C=O) groups is 2. The first-order valence-corrected chi connectivity index (χ1v) is 8.70. The summed E-state index contributed by atoms with van der Waals surface area (Å²) >= 11 is 1.26. The van der Waals surface area contributed by atoms with Crippen LogP contribution in [0.5, 0.6) is 0 Å². The molecule has 25 heavy (non-hydrogen) atoms. The van der Waals surface area contributed by atoms with Crippen LogP contribution in [0.25, 0.3) is 0 Å². The van der Waals surface area contributed by atoms with Crippen molar-refractivity contribution >= 4 is 34.0 Å². The standard InChI is InChI=1S/C18H17N3O3S/c1-2-12-5-3-6-13(9-12)19-16(22)10-14-11-25-18(20-14)21-17(23)15-7-4-8-24-15/h3-9,11H,2,10H2,1H3,(H,19,22)(H,20,21,23). The van der Waals surface area contributed by atoms with Crippen molar-refractivity contribution in [2.24, 2.45) is 0 Å². The van der Waals surface area contributed by atoms with Gasteiger partial charge in [0.15, 0.2) is 10.9 Å². The van der Waals surface area contributed by atoms with Crippen molar-refractivity contribution in [3.63, 3.8) is 0 Å². The maximum atomic E-state index is 12.2. The molecule has 2 amide bonds. The van der Waals surface area contributed by atoms with E-state index in [9.17, 15) is 9.59 Å². The fourth-order valence-corrected chi connectivity index (χ4v) is 2.96. The van der Waals surface area contributed by atoms with Crippen molar-refractivity contribution in [3.8, 4) is 0 Å². The van der Waals surface area contributed by atoms with Crippen LogP contribution >= 0.6 is 11.3 Å². The number of benzene rings is 1. The zero-order chi connectivity index (χ0) is 17.6. The minimum absolute atomic E-state index is 0.142. The fourth-order valence-electron chi connectivity index (χ4n) is 2.25. The molecule has 2 N–H and O–H groups in total. The number of aryl methyl sites for hydroxylation is 1. The van der Waals surface area contributed by atoms with Crippen LogP contribution in [0.3, 0.4) is 0 Å². The van der Waals surface area contributed by atoms with E-state index < -0.39 is 0 Å². The number of anilines is 2. The second-order valence-corrected chi connectivity index (χ2v) is 6.21. The lowest BCUT2D eigenvalue weighted by Gasteiger charge is -2.05. The topological polar surface area (TPSA) is 84.2 Å². The van der Waals surface area contributed by atoms with Crippen molar-refractivity contribution in [3.05, 3.63) is 65.1 Å². The Hall–Kier alpha value is -2.93.